The molecule has 4 N–H and O–H groups in total. The SMILES string of the molecule is N=C(NCCc1ccccc1)c1ccccc1-c1ccc(-c2ccccc2C(=N)NCCc2ccccc2)o1. The van der Waals surface area contributed by atoms with Crippen LogP contribution in [0.3, 0.4) is 0 Å². The fourth-order valence-corrected chi connectivity index (χ4v) is 4.60. The van der Waals surface area contributed by atoms with Gasteiger partial charge >= 0.3 is 0 Å². The highest BCUT2D eigenvalue weighted by Crippen LogP contribution is 2.32. The van der Waals surface area contributed by atoms with E-state index in [1.165, 1.54) is 11.1 Å². The molecule has 0 spiro atoms. The molecule has 0 amide bonds. The van der Waals surface area contributed by atoms with Crippen LogP contribution < -0.4 is 10.6 Å². The number of benzene rings is 4. The molecule has 0 radical (unpaired) electrons. The van der Waals surface area contributed by atoms with Crippen molar-refractivity contribution in [3.8, 4) is 22.6 Å². The number of nitrogens with one attached hydrogen (secondary N) is 4. The summed E-state index contributed by atoms with van der Waals surface area (Å²) >= 11 is 0. The van der Waals surface area contributed by atoms with E-state index in [2.05, 4.69) is 34.9 Å². The molecular weight excluding hydrogens is 480 g/mol. The third kappa shape index (κ3) is 6.51. The minimum Gasteiger partial charge on any atom is -0.456 e. The molecule has 1 aromatic heterocycles. The zero-order valence-electron chi connectivity index (χ0n) is 21.8. The molecule has 0 fully saturated rings. The molecule has 5 nitrogen and oxygen atoms in total. The topological polar surface area (TPSA) is 84.9 Å². The Morgan fingerprint density at radius 1 is 0.487 bits per heavy atom. The summed E-state index contributed by atoms with van der Waals surface area (Å²) in [4.78, 5) is 0. The van der Waals surface area contributed by atoms with E-state index in [1.807, 2.05) is 97.1 Å². The number of hydrogen-bond acceptors (Lipinski definition) is 3. The number of amidine groups is 2. The number of furan rings is 1. The molecule has 5 aromatic rings. The Balaban J connectivity index is 1.29. The standard InChI is InChI=1S/C34H32N4O/c35-33(37-23-21-25-11-3-1-4-12-25)29-17-9-7-15-27(29)31-19-20-32(39-31)28-16-8-10-18-30(28)34(36)38-24-22-26-13-5-2-6-14-26/h1-20H,21-24H2,(H2,35,37)(H2,36,38). The van der Waals surface area contributed by atoms with E-state index < -0.39 is 0 Å². The molecule has 0 atom stereocenters. The van der Waals surface area contributed by atoms with Gasteiger partial charge in [-0.25, -0.2) is 0 Å². The normalized spacial score (nSPS) is 10.7. The van der Waals surface area contributed by atoms with Crippen molar-refractivity contribution < 1.29 is 4.42 Å². The highest BCUT2D eigenvalue weighted by Gasteiger charge is 2.16. The lowest BCUT2D eigenvalue weighted by Crippen LogP contribution is -2.26. The predicted molar refractivity (Wildman–Crippen MR) is 160 cm³/mol. The Labute approximate surface area is 229 Å². The van der Waals surface area contributed by atoms with E-state index in [9.17, 15) is 0 Å². The molecule has 194 valence electrons. The second-order valence-corrected chi connectivity index (χ2v) is 9.33. The maximum atomic E-state index is 8.68. The minimum atomic E-state index is 0.365. The van der Waals surface area contributed by atoms with Gasteiger partial charge in [0.1, 0.15) is 23.2 Å². The Morgan fingerprint density at radius 3 is 1.31 bits per heavy atom. The summed E-state index contributed by atoms with van der Waals surface area (Å²) in [5.74, 6) is 2.11. The largest absolute Gasteiger partial charge is 0.456 e. The summed E-state index contributed by atoms with van der Waals surface area (Å²) in [6, 6.07) is 40.0. The van der Waals surface area contributed by atoms with Crippen molar-refractivity contribution in [2.75, 3.05) is 13.1 Å². The van der Waals surface area contributed by atoms with Crippen LogP contribution in [0.4, 0.5) is 0 Å². The van der Waals surface area contributed by atoms with Gasteiger partial charge in [-0.15, -0.1) is 0 Å². The summed E-state index contributed by atoms with van der Waals surface area (Å²) in [5, 5.41) is 23.9. The van der Waals surface area contributed by atoms with Crippen molar-refractivity contribution in [3.05, 3.63) is 144 Å². The summed E-state index contributed by atoms with van der Waals surface area (Å²) < 4.78 is 6.34. The van der Waals surface area contributed by atoms with Gasteiger partial charge in [0.25, 0.3) is 0 Å². The average Bonchev–Trinajstić information content (AvgIpc) is 3.48. The van der Waals surface area contributed by atoms with Gasteiger partial charge in [0, 0.05) is 35.3 Å². The van der Waals surface area contributed by atoms with E-state index in [0.29, 0.717) is 36.3 Å². The van der Waals surface area contributed by atoms with Crippen LogP contribution in [0.25, 0.3) is 22.6 Å². The highest BCUT2D eigenvalue weighted by molar-refractivity contribution is 6.03. The van der Waals surface area contributed by atoms with E-state index in [1.54, 1.807) is 0 Å². The lowest BCUT2D eigenvalue weighted by Gasteiger charge is -2.12. The van der Waals surface area contributed by atoms with Gasteiger partial charge in [-0.1, -0.05) is 109 Å². The minimum absolute atomic E-state index is 0.365. The molecule has 0 unspecified atom stereocenters. The molecule has 0 aliphatic rings. The van der Waals surface area contributed by atoms with E-state index >= 15 is 0 Å². The van der Waals surface area contributed by atoms with Crippen molar-refractivity contribution in [1.82, 2.24) is 10.6 Å². The van der Waals surface area contributed by atoms with Crippen LogP contribution in [-0.2, 0) is 12.8 Å². The van der Waals surface area contributed by atoms with E-state index in [-0.39, 0.29) is 0 Å². The van der Waals surface area contributed by atoms with Crippen molar-refractivity contribution in [2.45, 2.75) is 12.8 Å². The first kappa shape index (κ1) is 25.7. The van der Waals surface area contributed by atoms with Crippen LogP contribution in [0, 0.1) is 10.8 Å². The summed E-state index contributed by atoms with van der Waals surface area (Å²) in [5.41, 5.74) is 5.76. The first-order valence-corrected chi connectivity index (χ1v) is 13.2. The van der Waals surface area contributed by atoms with Crippen LogP contribution in [0.15, 0.2) is 126 Å². The predicted octanol–water partition coefficient (Wildman–Crippen LogP) is 6.93. The lowest BCUT2D eigenvalue weighted by atomic mass is 10.0. The van der Waals surface area contributed by atoms with Crippen molar-refractivity contribution in [2.24, 2.45) is 0 Å². The molecular formula is C34H32N4O. The smallest absolute Gasteiger partial charge is 0.135 e. The van der Waals surface area contributed by atoms with E-state index in [0.717, 1.165) is 35.1 Å². The summed E-state index contributed by atoms with van der Waals surface area (Å²) in [6.45, 7) is 1.35. The molecule has 0 bridgehead atoms. The van der Waals surface area contributed by atoms with Gasteiger partial charge in [-0.05, 0) is 36.1 Å². The first-order chi connectivity index (χ1) is 19.2. The van der Waals surface area contributed by atoms with Crippen LogP contribution >= 0.6 is 0 Å². The lowest BCUT2D eigenvalue weighted by molar-refractivity contribution is 0.597. The number of rotatable bonds is 10. The molecule has 5 heteroatoms. The van der Waals surface area contributed by atoms with Crippen molar-refractivity contribution >= 4 is 11.7 Å². The summed E-state index contributed by atoms with van der Waals surface area (Å²) in [6.07, 6.45) is 1.69. The summed E-state index contributed by atoms with van der Waals surface area (Å²) in [7, 11) is 0. The Kier molecular flexibility index (Phi) is 8.29. The Morgan fingerprint density at radius 2 is 0.872 bits per heavy atom. The average molecular weight is 513 g/mol. The van der Waals surface area contributed by atoms with Gasteiger partial charge in [0.2, 0.25) is 0 Å². The van der Waals surface area contributed by atoms with Crippen LogP contribution in [-0.4, -0.2) is 24.8 Å². The Bertz CT molecular complexity index is 1420. The van der Waals surface area contributed by atoms with Gasteiger partial charge in [-0.2, -0.15) is 0 Å². The Hall–Kier alpha value is -4.90. The van der Waals surface area contributed by atoms with Crippen LogP contribution in [0.5, 0.6) is 0 Å². The van der Waals surface area contributed by atoms with Gasteiger partial charge < -0.3 is 15.1 Å². The molecule has 5 rings (SSSR count). The van der Waals surface area contributed by atoms with Gasteiger partial charge in [0.05, 0.1) is 0 Å². The molecule has 0 saturated heterocycles. The quantitative estimate of drug-likeness (QED) is 0.121. The van der Waals surface area contributed by atoms with Crippen molar-refractivity contribution in [1.29, 1.82) is 10.8 Å². The fraction of sp³-hybridized carbons (Fsp3) is 0.118. The number of hydrogen-bond donors (Lipinski definition) is 4. The highest BCUT2D eigenvalue weighted by atomic mass is 16.3. The maximum absolute atomic E-state index is 8.68. The van der Waals surface area contributed by atoms with Gasteiger partial charge in [0.15, 0.2) is 0 Å². The second-order valence-electron chi connectivity index (χ2n) is 9.33. The van der Waals surface area contributed by atoms with Crippen LogP contribution in [0.1, 0.15) is 22.3 Å². The van der Waals surface area contributed by atoms with E-state index in [4.69, 9.17) is 15.2 Å². The molecule has 0 aliphatic carbocycles. The zero-order valence-corrected chi connectivity index (χ0v) is 21.8. The zero-order chi connectivity index (χ0) is 26.9. The molecule has 0 aliphatic heterocycles. The monoisotopic (exact) mass is 512 g/mol. The maximum Gasteiger partial charge on any atom is 0.135 e. The molecule has 39 heavy (non-hydrogen) atoms. The fourth-order valence-electron chi connectivity index (χ4n) is 4.60. The van der Waals surface area contributed by atoms with Crippen LogP contribution in [0.2, 0.25) is 0 Å². The third-order valence-corrected chi connectivity index (χ3v) is 6.65. The van der Waals surface area contributed by atoms with Crippen molar-refractivity contribution in [3.63, 3.8) is 0 Å². The molecule has 0 saturated carbocycles. The van der Waals surface area contributed by atoms with Gasteiger partial charge in [-0.3, -0.25) is 10.8 Å². The third-order valence-electron chi connectivity index (χ3n) is 6.65. The molecule has 1 heterocycles. The second kappa shape index (κ2) is 12.6. The first-order valence-electron chi connectivity index (χ1n) is 13.2. The molecule has 4 aromatic carbocycles.